The number of aliphatic hydroxyl groups is 1. The minimum atomic E-state index is -0.450. The summed E-state index contributed by atoms with van der Waals surface area (Å²) in [5, 5.41) is 13.9. The van der Waals surface area contributed by atoms with E-state index in [1.807, 2.05) is 0 Å². The molecule has 7 heteroatoms. The summed E-state index contributed by atoms with van der Waals surface area (Å²) in [4.78, 5) is 18.6. The minimum Gasteiger partial charge on any atom is -0.463 e. The van der Waals surface area contributed by atoms with E-state index in [-0.39, 0.29) is 5.91 Å². The van der Waals surface area contributed by atoms with Crippen LogP contribution in [0.5, 0.6) is 0 Å². The Hall–Kier alpha value is -2.67. The van der Waals surface area contributed by atoms with Gasteiger partial charge in [0.2, 0.25) is 0 Å². The summed E-state index contributed by atoms with van der Waals surface area (Å²) in [6, 6.07) is 5.19. The molecule has 0 aliphatic carbocycles. The van der Waals surface area contributed by atoms with Crippen molar-refractivity contribution in [2.75, 3.05) is 13.1 Å². The number of aryl methyl sites for hydroxylation is 1. The Morgan fingerprint density at radius 3 is 2.95 bits per heavy atom. The number of aromatic nitrogens is 2. The first kappa shape index (κ1) is 13.0. The number of pyridine rings is 1. The normalized spacial score (nSPS) is 15.3. The van der Waals surface area contributed by atoms with Crippen molar-refractivity contribution in [1.82, 2.24) is 15.0 Å². The average molecular weight is 299 g/mol. The van der Waals surface area contributed by atoms with Crippen LogP contribution in [0.4, 0.5) is 0 Å². The first-order valence-corrected chi connectivity index (χ1v) is 6.91. The van der Waals surface area contributed by atoms with Crippen LogP contribution in [0.15, 0.2) is 33.4 Å². The second-order valence-corrected chi connectivity index (χ2v) is 5.34. The minimum absolute atomic E-state index is 0.170. The number of nitrogens with zero attached hydrogens (tertiary/aromatic N) is 3. The molecule has 0 radical (unpaired) electrons. The molecule has 0 atom stereocenters. The lowest BCUT2D eigenvalue weighted by molar-refractivity contribution is 0.00602. The van der Waals surface area contributed by atoms with E-state index in [0.29, 0.717) is 46.9 Å². The van der Waals surface area contributed by atoms with Crippen LogP contribution in [0.25, 0.3) is 22.6 Å². The van der Waals surface area contributed by atoms with Gasteiger partial charge in [-0.2, -0.15) is 0 Å². The Bertz CT molecular complexity index is 847. The van der Waals surface area contributed by atoms with Gasteiger partial charge in [-0.3, -0.25) is 4.79 Å². The fourth-order valence-corrected chi connectivity index (χ4v) is 2.61. The van der Waals surface area contributed by atoms with E-state index in [1.54, 1.807) is 36.3 Å². The summed E-state index contributed by atoms with van der Waals surface area (Å²) in [6.07, 6.45) is 1.09. The zero-order chi connectivity index (χ0) is 15.3. The van der Waals surface area contributed by atoms with E-state index >= 15 is 0 Å². The molecule has 1 saturated heterocycles. The topological polar surface area (TPSA) is 92.6 Å². The van der Waals surface area contributed by atoms with Crippen LogP contribution in [0.2, 0.25) is 0 Å². The van der Waals surface area contributed by atoms with Crippen molar-refractivity contribution in [1.29, 1.82) is 0 Å². The summed E-state index contributed by atoms with van der Waals surface area (Å²) in [5.74, 6) is 0.380. The number of likely N-dealkylation sites (tertiary alicyclic amines) is 1. The fourth-order valence-electron chi connectivity index (χ4n) is 2.61. The molecule has 4 rings (SSSR count). The molecule has 112 valence electrons. The third-order valence-corrected chi connectivity index (χ3v) is 3.77. The first-order chi connectivity index (χ1) is 10.6. The molecule has 7 nitrogen and oxygen atoms in total. The lowest BCUT2D eigenvalue weighted by Crippen LogP contribution is -2.53. The van der Waals surface area contributed by atoms with E-state index in [2.05, 4.69) is 10.1 Å². The van der Waals surface area contributed by atoms with Gasteiger partial charge in [-0.25, -0.2) is 4.98 Å². The zero-order valence-corrected chi connectivity index (χ0v) is 11.8. The number of furan rings is 1. The summed E-state index contributed by atoms with van der Waals surface area (Å²) in [6.45, 7) is 2.44. The highest BCUT2D eigenvalue weighted by atomic mass is 16.5. The van der Waals surface area contributed by atoms with Crippen LogP contribution in [0.1, 0.15) is 16.1 Å². The molecule has 0 saturated carbocycles. The molecule has 22 heavy (non-hydrogen) atoms. The van der Waals surface area contributed by atoms with Crippen LogP contribution >= 0.6 is 0 Å². The third-order valence-electron chi connectivity index (χ3n) is 3.77. The van der Waals surface area contributed by atoms with E-state index < -0.39 is 6.10 Å². The molecule has 1 N–H and O–H groups in total. The molecular weight excluding hydrogens is 286 g/mol. The molecule has 1 aliphatic rings. The van der Waals surface area contributed by atoms with Gasteiger partial charge < -0.3 is 18.9 Å². The van der Waals surface area contributed by atoms with Gasteiger partial charge in [-0.05, 0) is 25.1 Å². The Balaban J connectivity index is 1.87. The van der Waals surface area contributed by atoms with Gasteiger partial charge >= 0.3 is 0 Å². The lowest BCUT2D eigenvalue weighted by Gasteiger charge is -2.36. The van der Waals surface area contributed by atoms with E-state index in [0.717, 1.165) is 0 Å². The highest BCUT2D eigenvalue weighted by Crippen LogP contribution is 2.29. The van der Waals surface area contributed by atoms with Gasteiger partial charge in [0.15, 0.2) is 5.76 Å². The molecule has 0 unspecified atom stereocenters. The van der Waals surface area contributed by atoms with Gasteiger partial charge in [-0.1, -0.05) is 5.16 Å². The summed E-state index contributed by atoms with van der Waals surface area (Å²) >= 11 is 0. The number of β-amino-alcohol motifs (C(OH)–C–C–N with tert-alkyl or cyclic N) is 1. The first-order valence-electron chi connectivity index (χ1n) is 6.91. The molecule has 0 spiro atoms. The van der Waals surface area contributed by atoms with Crippen molar-refractivity contribution in [3.05, 3.63) is 35.7 Å². The fraction of sp³-hybridized carbons (Fsp3) is 0.267. The number of hydrogen-bond donors (Lipinski definition) is 1. The van der Waals surface area contributed by atoms with Crippen LogP contribution < -0.4 is 0 Å². The highest BCUT2D eigenvalue weighted by Gasteiger charge is 2.32. The van der Waals surface area contributed by atoms with Crippen molar-refractivity contribution in [3.8, 4) is 11.5 Å². The SMILES string of the molecule is Cc1noc2nc(-c3ccco3)cc(C(=O)N3CC(O)C3)c12. The second kappa shape index (κ2) is 4.67. The quantitative estimate of drug-likeness (QED) is 0.772. The Kier molecular flexibility index (Phi) is 2.77. The van der Waals surface area contributed by atoms with E-state index in [1.165, 1.54) is 0 Å². The standard InChI is InChI=1S/C15H13N3O4/c1-8-13-10(15(20)18-6-9(19)7-18)5-11(12-3-2-4-21-12)16-14(13)22-17-8/h2-5,9,19H,6-7H2,1H3. The Morgan fingerprint density at radius 1 is 1.45 bits per heavy atom. The maximum absolute atomic E-state index is 12.6. The number of fused-ring (bicyclic) bond motifs is 1. The number of amides is 1. The van der Waals surface area contributed by atoms with Crippen molar-refractivity contribution in [2.45, 2.75) is 13.0 Å². The van der Waals surface area contributed by atoms with Crippen LogP contribution in [-0.4, -0.2) is 45.2 Å². The highest BCUT2D eigenvalue weighted by molar-refractivity contribution is 6.07. The van der Waals surface area contributed by atoms with Crippen molar-refractivity contribution in [2.24, 2.45) is 0 Å². The number of rotatable bonds is 2. The molecule has 1 fully saturated rings. The smallest absolute Gasteiger partial charge is 0.259 e. The van der Waals surface area contributed by atoms with Crippen molar-refractivity contribution >= 4 is 17.0 Å². The van der Waals surface area contributed by atoms with Crippen LogP contribution in [0.3, 0.4) is 0 Å². The molecule has 3 aromatic heterocycles. The zero-order valence-electron chi connectivity index (χ0n) is 11.8. The van der Waals surface area contributed by atoms with Gasteiger partial charge in [0.05, 0.1) is 29.0 Å². The van der Waals surface area contributed by atoms with Gasteiger partial charge in [0, 0.05) is 13.1 Å². The molecule has 0 aromatic carbocycles. The second-order valence-electron chi connectivity index (χ2n) is 5.34. The molecule has 1 aliphatic heterocycles. The molecule has 1 amide bonds. The number of carbonyl (C=O) groups is 1. The number of carbonyl (C=O) groups excluding carboxylic acids is 1. The maximum Gasteiger partial charge on any atom is 0.259 e. The van der Waals surface area contributed by atoms with Crippen molar-refractivity contribution in [3.63, 3.8) is 0 Å². The summed E-state index contributed by atoms with van der Waals surface area (Å²) < 4.78 is 10.5. The number of hydrogen-bond acceptors (Lipinski definition) is 6. The van der Waals surface area contributed by atoms with E-state index in [9.17, 15) is 9.90 Å². The predicted octanol–water partition coefficient (Wildman–Crippen LogP) is 1.61. The monoisotopic (exact) mass is 299 g/mol. The molecule has 0 bridgehead atoms. The average Bonchev–Trinajstić information content (AvgIpc) is 3.13. The maximum atomic E-state index is 12.6. The third kappa shape index (κ3) is 1.90. The number of aliphatic hydroxyl groups excluding tert-OH is 1. The van der Waals surface area contributed by atoms with Gasteiger partial charge in [0.25, 0.3) is 11.6 Å². The molecule has 4 heterocycles. The van der Waals surface area contributed by atoms with Gasteiger partial charge in [-0.15, -0.1) is 0 Å². The lowest BCUT2D eigenvalue weighted by atomic mass is 10.0. The van der Waals surface area contributed by atoms with Crippen LogP contribution in [-0.2, 0) is 0 Å². The molecule has 3 aromatic rings. The summed E-state index contributed by atoms with van der Waals surface area (Å²) in [7, 11) is 0. The Labute approximate surface area is 125 Å². The van der Waals surface area contributed by atoms with Crippen LogP contribution in [0, 0.1) is 6.92 Å². The Morgan fingerprint density at radius 2 is 2.27 bits per heavy atom. The largest absolute Gasteiger partial charge is 0.463 e. The summed E-state index contributed by atoms with van der Waals surface area (Å²) in [5.41, 5.74) is 1.88. The van der Waals surface area contributed by atoms with Gasteiger partial charge in [0.1, 0.15) is 5.69 Å². The molecular formula is C15H13N3O4. The predicted molar refractivity (Wildman–Crippen MR) is 76.2 cm³/mol. The van der Waals surface area contributed by atoms with Crippen molar-refractivity contribution < 1.29 is 18.8 Å². The van der Waals surface area contributed by atoms with E-state index in [4.69, 9.17) is 8.94 Å².